The van der Waals surface area contributed by atoms with Crippen molar-refractivity contribution in [3.05, 3.63) is 59.7 Å². The second-order valence-electron chi connectivity index (χ2n) is 6.05. The van der Waals surface area contributed by atoms with Gasteiger partial charge < -0.3 is 15.0 Å². The third-order valence-corrected chi connectivity index (χ3v) is 4.02. The fraction of sp³-hybridized carbons (Fsp3) is 0.300. The lowest BCUT2D eigenvalue weighted by Gasteiger charge is -2.21. The maximum Gasteiger partial charge on any atom is 0.418 e. The normalized spacial score (nSPS) is 11.0. The van der Waals surface area contributed by atoms with E-state index >= 15 is 0 Å². The highest BCUT2D eigenvalue weighted by molar-refractivity contribution is 5.95. The zero-order chi connectivity index (χ0) is 20.7. The van der Waals surface area contributed by atoms with E-state index in [9.17, 15) is 22.8 Å². The number of nitrogens with one attached hydrogen (secondary N) is 1. The minimum absolute atomic E-state index is 0.213. The lowest BCUT2D eigenvalue weighted by molar-refractivity contribution is -0.137. The van der Waals surface area contributed by atoms with Gasteiger partial charge in [-0.3, -0.25) is 9.59 Å². The Morgan fingerprint density at radius 1 is 1.07 bits per heavy atom. The number of nitrogens with zero attached hydrogens (tertiary/aromatic N) is 1. The van der Waals surface area contributed by atoms with E-state index in [2.05, 4.69) is 5.32 Å². The molecule has 2 rings (SSSR count). The van der Waals surface area contributed by atoms with Crippen molar-refractivity contribution < 1.29 is 27.5 Å². The molecule has 0 aromatic heterocycles. The zero-order valence-electron chi connectivity index (χ0n) is 15.5. The Labute approximate surface area is 161 Å². The van der Waals surface area contributed by atoms with E-state index in [0.717, 1.165) is 11.6 Å². The second-order valence-corrected chi connectivity index (χ2v) is 6.05. The van der Waals surface area contributed by atoms with Crippen LogP contribution in [0.3, 0.4) is 0 Å². The number of benzene rings is 2. The Kier molecular flexibility index (Phi) is 7.03. The molecule has 0 aliphatic carbocycles. The van der Waals surface area contributed by atoms with Gasteiger partial charge in [0.15, 0.2) is 6.61 Å². The van der Waals surface area contributed by atoms with E-state index in [4.69, 9.17) is 4.74 Å². The van der Waals surface area contributed by atoms with Crippen molar-refractivity contribution in [1.82, 2.24) is 4.90 Å². The second kappa shape index (κ2) is 9.25. The van der Waals surface area contributed by atoms with Gasteiger partial charge in [0.05, 0.1) is 17.8 Å². The molecule has 2 amide bonds. The van der Waals surface area contributed by atoms with Crippen LogP contribution < -0.4 is 10.1 Å². The van der Waals surface area contributed by atoms with Crippen LogP contribution in [0.4, 0.5) is 18.9 Å². The Morgan fingerprint density at radius 3 is 2.36 bits per heavy atom. The number of para-hydroxylation sites is 2. The third-order valence-electron chi connectivity index (χ3n) is 4.02. The van der Waals surface area contributed by atoms with Gasteiger partial charge in [-0.2, -0.15) is 13.2 Å². The molecule has 5 nitrogen and oxygen atoms in total. The van der Waals surface area contributed by atoms with Crippen LogP contribution >= 0.6 is 0 Å². The van der Waals surface area contributed by atoms with Gasteiger partial charge in [0.2, 0.25) is 5.91 Å². The van der Waals surface area contributed by atoms with Crippen molar-refractivity contribution in [3.8, 4) is 5.75 Å². The van der Waals surface area contributed by atoms with Crippen LogP contribution in [-0.4, -0.2) is 36.4 Å². The lowest BCUT2D eigenvalue weighted by atomic mass is 10.1. The van der Waals surface area contributed by atoms with Crippen molar-refractivity contribution in [1.29, 1.82) is 0 Å². The summed E-state index contributed by atoms with van der Waals surface area (Å²) in [7, 11) is 0. The van der Waals surface area contributed by atoms with E-state index in [0.29, 0.717) is 5.75 Å². The van der Waals surface area contributed by atoms with Gasteiger partial charge in [-0.05, 0) is 37.6 Å². The first-order valence-electron chi connectivity index (χ1n) is 8.64. The predicted molar refractivity (Wildman–Crippen MR) is 99.0 cm³/mol. The molecule has 0 fully saturated rings. The molecule has 0 saturated heterocycles. The van der Waals surface area contributed by atoms with Gasteiger partial charge in [0, 0.05) is 6.54 Å². The summed E-state index contributed by atoms with van der Waals surface area (Å²) in [5.41, 5.74) is -0.430. The average Bonchev–Trinajstić information content (AvgIpc) is 2.64. The van der Waals surface area contributed by atoms with Crippen LogP contribution in [0.2, 0.25) is 0 Å². The van der Waals surface area contributed by atoms with Crippen molar-refractivity contribution in [3.63, 3.8) is 0 Å². The number of hydrogen-bond acceptors (Lipinski definition) is 3. The molecule has 0 aliphatic heterocycles. The SMILES string of the molecule is CCN(CC(=O)Nc1ccccc1C(F)(F)F)C(=O)COc1ccccc1C. The summed E-state index contributed by atoms with van der Waals surface area (Å²) in [6.07, 6.45) is -4.59. The van der Waals surface area contributed by atoms with Crippen LogP contribution in [0.1, 0.15) is 18.1 Å². The van der Waals surface area contributed by atoms with E-state index in [1.165, 1.54) is 23.1 Å². The van der Waals surface area contributed by atoms with Gasteiger partial charge in [0.1, 0.15) is 5.75 Å². The number of carbonyl (C=O) groups excluding carboxylic acids is 2. The highest BCUT2D eigenvalue weighted by Crippen LogP contribution is 2.34. The smallest absolute Gasteiger partial charge is 0.418 e. The van der Waals surface area contributed by atoms with E-state index in [-0.39, 0.29) is 25.4 Å². The highest BCUT2D eigenvalue weighted by atomic mass is 19.4. The van der Waals surface area contributed by atoms with Crippen LogP contribution in [0.15, 0.2) is 48.5 Å². The predicted octanol–water partition coefficient (Wildman–Crippen LogP) is 3.88. The van der Waals surface area contributed by atoms with Crippen LogP contribution in [0.25, 0.3) is 0 Å². The van der Waals surface area contributed by atoms with Crippen molar-refractivity contribution in [2.75, 3.05) is 25.0 Å². The quantitative estimate of drug-likeness (QED) is 0.775. The number of likely N-dealkylation sites (N-methyl/N-ethyl adjacent to an activating group) is 1. The maximum atomic E-state index is 13.0. The summed E-state index contributed by atoms with van der Waals surface area (Å²) < 4.78 is 44.5. The number of ether oxygens (including phenoxy) is 1. The molecule has 0 spiro atoms. The molecule has 0 radical (unpaired) electrons. The van der Waals surface area contributed by atoms with Gasteiger partial charge >= 0.3 is 6.18 Å². The Balaban J connectivity index is 1.98. The molecule has 28 heavy (non-hydrogen) atoms. The molecule has 0 saturated carbocycles. The minimum Gasteiger partial charge on any atom is -0.484 e. The number of halogens is 3. The zero-order valence-corrected chi connectivity index (χ0v) is 15.5. The number of alkyl halides is 3. The Bertz CT molecular complexity index is 837. The van der Waals surface area contributed by atoms with Crippen LogP contribution in [0.5, 0.6) is 5.75 Å². The number of carbonyl (C=O) groups is 2. The highest BCUT2D eigenvalue weighted by Gasteiger charge is 2.33. The van der Waals surface area contributed by atoms with Crippen molar-refractivity contribution >= 4 is 17.5 Å². The monoisotopic (exact) mass is 394 g/mol. The summed E-state index contributed by atoms with van der Waals surface area (Å²) in [5.74, 6) is -0.608. The fourth-order valence-electron chi connectivity index (χ4n) is 2.53. The summed E-state index contributed by atoms with van der Waals surface area (Å²) in [4.78, 5) is 25.7. The van der Waals surface area contributed by atoms with E-state index in [1.54, 1.807) is 19.1 Å². The van der Waals surface area contributed by atoms with E-state index < -0.39 is 23.6 Å². The summed E-state index contributed by atoms with van der Waals surface area (Å²) in [6, 6.07) is 11.9. The molecule has 2 aromatic carbocycles. The molecule has 2 aromatic rings. The summed E-state index contributed by atoms with van der Waals surface area (Å²) >= 11 is 0. The molecule has 8 heteroatoms. The van der Waals surface area contributed by atoms with E-state index in [1.807, 2.05) is 19.1 Å². The topological polar surface area (TPSA) is 58.6 Å². The Morgan fingerprint density at radius 2 is 1.71 bits per heavy atom. The third kappa shape index (κ3) is 5.73. The summed E-state index contributed by atoms with van der Waals surface area (Å²) in [5, 5.41) is 2.23. The standard InChI is InChI=1S/C20H21F3N2O3/c1-3-25(19(27)13-28-17-11-7-4-8-14(17)2)12-18(26)24-16-10-6-5-9-15(16)20(21,22)23/h4-11H,3,12-13H2,1-2H3,(H,24,26). The summed E-state index contributed by atoms with van der Waals surface area (Å²) in [6.45, 7) is 3.07. The Hall–Kier alpha value is -3.03. The van der Waals surface area contributed by atoms with Gasteiger partial charge in [0.25, 0.3) is 5.91 Å². The number of amides is 2. The number of aryl methyl sites for hydroxylation is 1. The molecule has 0 heterocycles. The first kappa shape index (κ1) is 21.3. The maximum absolute atomic E-state index is 13.0. The van der Waals surface area contributed by atoms with Gasteiger partial charge in [-0.1, -0.05) is 30.3 Å². The molecule has 0 unspecified atom stereocenters. The largest absolute Gasteiger partial charge is 0.484 e. The van der Waals surface area contributed by atoms with Crippen molar-refractivity contribution in [2.45, 2.75) is 20.0 Å². The molecule has 150 valence electrons. The minimum atomic E-state index is -4.59. The lowest BCUT2D eigenvalue weighted by Crippen LogP contribution is -2.40. The molecular formula is C20H21F3N2O3. The van der Waals surface area contributed by atoms with Gasteiger partial charge in [-0.25, -0.2) is 0 Å². The van der Waals surface area contributed by atoms with Crippen LogP contribution in [0, 0.1) is 6.92 Å². The molecular weight excluding hydrogens is 373 g/mol. The molecule has 0 aliphatic rings. The number of hydrogen-bond donors (Lipinski definition) is 1. The van der Waals surface area contributed by atoms with Crippen molar-refractivity contribution in [2.24, 2.45) is 0 Å². The van der Waals surface area contributed by atoms with Gasteiger partial charge in [-0.15, -0.1) is 0 Å². The molecule has 0 atom stereocenters. The molecule has 0 bridgehead atoms. The fourth-order valence-corrected chi connectivity index (χ4v) is 2.53. The first-order chi connectivity index (χ1) is 13.2. The average molecular weight is 394 g/mol. The number of rotatable bonds is 7. The van der Waals surface area contributed by atoms with Crippen LogP contribution in [-0.2, 0) is 15.8 Å². The number of anilines is 1. The molecule has 1 N–H and O–H groups in total. The first-order valence-corrected chi connectivity index (χ1v) is 8.64.